The first kappa shape index (κ1) is 17.3. The standard InChI is InChI=1S/C20H16N2OS3/c1-2-24-14-9-7-13(8-10-14)18(23)22-19-15(11-12-25-19)20-21-16-5-3-4-6-17(16)26-20/h3-12H,2H2,1H3,(H,22,23). The second-order valence-electron chi connectivity index (χ2n) is 5.56. The average molecular weight is 397 g/mol. The maximum atomic E-state index is 12.6. The molecule has 0 atom stereocenters. The molecule has 0 spiro atoms. The summed E-state index contributed by atoms with van der Waals surface area (Å²) in [5.41, 5.74) is 2.62. The molecule has 2 aromatic carbocycles. The molecule has 0 aliphatic carbocycles. The van der Waals surface area contributed by atoms with Crippen molar-refractivity contribution in [2.75, 3.05) is 11.1 Å². The molecule has 0 saturated carbocycles. The Morgan fingerprint density at radius 3 is 2.69 bits per heavy atom. The molecule has 0 aliphatic heterocycles. The number of nitrogens with zero attached hydrogens (tertiary/aromatic N) is 1. The SMILES string of the molecule is CCSc1ccc(C(=O)Nc2sccc2-c2nc3ccccc3s2)cc1. The molecule has 2 heterocycles. The Morgan fingerprint density at radius 1 is 1.12 bits per heavy atom. The van der Waals surface area contributed by atoms with Crippen molar-refractivity contribution in [3.8, 4) is 10.6 Å². The summed E-state index contributed by atoms with van der Waals surface area (Å²) in [7, 11) is 0. The number of nitrogens with one attached hydrogen (secondary N) is 1. The summed E-state index contributed by atoms with van der Waals surface area (Å²) < 4.78 is 1.15. The Morgan fingerprint density at radius 2 is 1.92 bits per heavy atom. The third-order valence-corrected chi connectivity index (χ3v) is 6.64. The van der Waals surface area contributed by atoms with Gasteiger partial charge in [-0.1, -0.05) is 19.1 Å². The zero-order chi connectivity index (χ0) is 17.9. The summed E-state index contributed by atoms with van der Waals surface area (Å²) in [5.74, 6) is 0.926. The van der Waals surface area contributed by atoms with E-state index in [1.54, 1.807) is 23.1 Å². The van der Waals surface area contributed by atoms with Crippen LogP contribution in [0.25, 0.3) is 20.8 Å². The average Bonchev–Trinajstić information content (AvgIpc) is 3.28. The molecule has 4 aromatic rings. The van der Waals surface area contributed by atoms with Gasteiger partial charge in [0.25, 0.3) is 5.91 Å². The molecule has 0 aliphatic rings. The van der Waals surface area contributed by atoms with Crippen LogP contribution in [-0.4, -0.2) is 16.6 Å². The molecule has 1 N–H and O–H groups in total. The largest absolute Gasteiger partial charge is 0.313 e. The van der Waals surface area contributed by atoms with Crippen molar-refractivity contribution in [2.24, 2.45) is 0 Å². The molecule has 0 radical (unpaired) electrons. The van der Waals surface area contributed by atoms with E-state index in [9.17, 15) is 4.79 Å². The lowest BCUT2D eigenvalue weighted by Crippen LogP contribution is -2.11. The lowest BCUT2D eigenvalue weighted by Gasteiger charge is -2.06. The lowest BCUT2D eigenvalue weighted by molar-refractivity contribution is 0.102. The molecule has 4 rings (SSSR count). The van der Waals surface area contributed by atoms with E-state index in [-0.39, 0.29) is 5.91 Å². The summed E-state index contributed by atoms with van der Waals surface area (Å²) >= 11 is 4.93. The van der Waals surface area contributed by atoms with Crippen molar-refractivity contribution in [2.45, 2.75) is 11.8 Å². The highest BCUT2D eigenvalue weighted by Gasteiger charge is 2.15. The number of benzene rings is 2. The highest BCUT2D eigenvalue weighted by Crippen LogP contribution is 2.37. The van der Waals surface area contributed by atoms with Crippen molar-refractivity contribution >= 4 is 55.6 Å². The second kappa shape index (κ2) is 7.61. The van der Waals surface area contributed by atoms with Gasteiger partial charge in [0.2, 0.25) is 0 Å². The fourth-order valence-electron chi connectivity index (χ4n) is 2.61. The topological polar surface area (TPSA) is 42.0 Å². The normalized spacial score (nSPS) is 11.0. The number of para-hydroxylation sites is 1. The Bertz CT molecular complexity index is 1020. The van der Waals surface area contributed by atoms with E-state index in [1.165, 1.54) is 16.2 Å². The van der Waals surface area contributed by atoms with Crippen molar-refractivity contribution in [3.63, 3.8) is 0 Å². The van der Waals surface area contributed by atoms with Crippen LogP contribution in [0.3, 0.4) is 0 Å². The monoisotopic (exact) mass is 396 g/mol. The van der Waals surface area contributed by atoms with E-state index in [0.717, 1.165) is 31.5 Å². The summed E-state index contributed by atoms with van der Waals surface area (Å²) in [6.07, 6.45) is 0. The van der Waals surface area contributed by atoms with E-state index in [0.29, 0.717) is 5.56 Å². The second-order valence-corrected chi connectivity index (χ2v) is 8.85. The zero-order valence-corrected chi connectivity index (χ0v) is 16.5. The van der Waals surface area contributed by atoms with Gasteiger partial charge in [-0.05, 0) is 53.6 Å². The molecule has 1 amide bonds. The molecule has 0 unspecified atom stereocenters. The lowest BCUT2D eigenvalue weighted by atomic mass is 10.2. The summed E-state index contributed by atoms with van der Waals surface area (Å²) in [6.45, 7) is 2.12. The fraction of sp³-hybridized carbons (Fsp3) is 0.100. The number of carbonyl (C=O) groups excluding carboxylic acids is 1. The fourth-order valence-corrected chi connectivity index (χ4v) is 5.11. The van der Waals surface area contributed by atoms with Crippen LogP contribution in [0.15, 0.2) is 64.9 Å². The van der Waals surface area contributed by atoms with Gasteiger partial charge in [-0.15, -0.1) is 34.4 Å². The van der Waals surface area contributed by atoms with Gasteiger partial charge in [0.05, 0.1) is 10.2 Å². The first-order chi connectivity index (χ1) is 12.7. The molecular weight excluding hydrogens is 380 g/mol. The van der Waals surface area contributed by atoms with E-state index < -0.39 is 0 Å². The minimum Gasteiger partial charge on any atom is -0.313 e. The van der Waals surface area contributed by atoms with Crippen LogP contribution in [0, 0.1) is 0 Å². The van der Waals surface area contributed by atoms with Gasteiger partial charge in [-0.2, -0.15) is 0 Å². The number of hydrogen-bond donors (Lipinski definition) is 1. The van der Waals surface area contributed by atoms with E-state index >= 15 is 0 Å². The Kier molecular flexibility index (Phi) is 5.06. The highest BCUT2D eigenvalue weighted by atomic mass is 32.2. The van der Waals surface area contributed by atoms with E-state index in [4.69, 9.17) is 4.98 Å². The summed E-state index contributed by atoms with van der Waals surface area (Å²) in [4.78, 5) is 18.5. The van der Waals surface area contributed by atoms with Gasteiger partial charge >= 0.3 is 0 Å². The molecule has 2 aromatic heterocycles. The maximum Gasteiger partial charge on any atom is 0.256 e. The number of fused-ring (bicyclic) bond motifs is 1. The van der Waals surface area contributed by atoms with Crippen molar-refractivity contribution < 1.29 is 4.79 Å². The Labute approximate surface area is 164 Å². The highest BCUT2D eigenvalue weighted by molar-refractivity contribution is 7.99. The molecule has 26 heavy (non-hydrogen) atoms. The predicted octanol–water partition coefficient (Wildman–Crippen LogP) is 6.39. The van der Waals surface area contributed by atoms with Crippen LogP contribution in [0.2, 0.25) is 0 Å². The van der Waals surface area contributed by atoms with Crippen LogP contribution >= 0.6 is 34.4 Å². The molecule has 0 saturated heterocycles. The van der Waals surface area contributed by atoms with Crippen LogP contribution in [-0.2, 0) is 0 Å². The first-order valence-corrected chi connectivity index (χ1v) is 10.9. The third-order valence-electron chi connectivity index (χ3n) is 3.84. The number of rotatable bonds is 5. The molecule has 130 valence electrons. The number of thiazole rings is 1. The predicted molar refractivity (Wildman–Crippen MR) is 114 cm³/mol. The van der Waals surface area contributed by atoms with Crippen LogP contribution in [0.1, 0.15) is 17.3 Å². The van der Waals surface area contributed by atoms with Crippen LogP contribution in [0.5, 0.6) is 0 Å². The van der Waals surface area contributed by atoms with E-state index in [1.807, 2.05) is 53.9 Å². The summed E-state index contributed by atoms with van der Waals surface area (Å²) in [6, 6.07) is 17.8. The van der Waals surface area contributed by atoms with E-state index in [2.05, 4.69) is 18.3 Å². The number of thioether (sulfide) groups is 1. The molecule has 3 nitrogen and oxygen atoms in total. The van der Waals surface area contributed by atoms with Crippen molar-refractivity contribution in [1.82, 2.24) is 4.98 Å². The van der Waals surface area contributed by atoms with Crippen molar-refractivity contribution in [3.05, 3.63) is 65.5 Å². The molecule has 0 fully saturated rings. The Balaban J connectivity index is 1.57. The quantitative estimate of drug-likeness (QED) is 0.397. The minimum atomic E-state index is -0.0946. The van der Waals surface area contributed by atoms with Gasteiger partial charge in [0.15, 0.2) is 0 Å². The number of amides is 1. The zero-order valence-electron chi connectivity index (χ0n) is 14.1. The number of hydrogen-bond acceptors (Lipinski definition) is 5. The number of aromatic nitrogens is 1. The van der Waals surface area contributed by atoms with Crippen LogP contribution in [0.4, 0.5) is 5.00 Å². The van der Waals surface area contributed by atoms with Gasteiger partial charge in [-0.3, -0.25) is 4.79 Å². The number of thiophene rings is 1. The molecular formula is C20H16N2OS3. The first-order valence-electron chi connectivity index (χ1n) is 8.22. The molecule has 0 bridgehead atoms. The van der Waals surface area contributed by atoms with Gasteiger partial charge < -0.3 is 5.32 Å². The minimum absolute atomic E-state index is 0.0946. The third kappa shape index (κ3) is 3.53. The smallest absolute Gasteiger partial charge is 0.256 e. The van der Waals surface area contributed by atoms with Gasteiger partial charge in [0, 0.05) is 16.0 Å². The van der Waals surface area contributed by atoms with Crippen molar-refractivity contribution in [1.29, 1.82) is 0 Å². The maximum absolute atomic E-state index is 12.6. The summed E-state index contributed by atoms with van der Waals surface area (Å²) in [5, 5.41) is 6.79. The van der Waals surface area contributed by atoms with Gasteiger partial charge in [-0.25, -0.2) is 4.98 Å². The Hall–Kier alpha value is -2.15. The van der Waals surface area contributed by atoms with Gasteiger partial charge in [0.1, 0.15) is 10.0 Å². The van der Waals surface area contributed by atoms with Crippen LogP contribution < -0.4 is 5.32 Å². The number of anilines is 1. The number of carbonyl (C=O) groups is 1. The molecule has 6 heteroatoms.